The molecule has 88 valence electrons. The van der Waals surface area contributed by atoms with Crippen molar-refractivity contribution in [3.8, 4) is 0 Å². The van der Waals surface area contributed by atoms with Crippen molar-refractivity contribution in [3.63, 3.8) is 0 Å². The fourth-order valence-corrected chi connectivity index (χ4v) is 2.91. The van der Waals surface area contributed by atoms with Crippen LogP contribution in [0.4, 0.5) is 0 Å². The number of nitrogens with one attached hydrogen (secondary N) is 1. The van der Waals surface area contributed by atoms with Gasteiger partial charge in [0.1, 0.15) is 16.6 Å². The fourth-order valence-electron chi connectivity index (χ4n) is 2.60. The van der Waals surface area contributed by atoms with E-state index < -0.39 is 0 Å². The average Bonchev–Trinajstić information content (AvgIpc) is 3.03. The highest BCUT2D eigenvalue weighted by Gasteiger charge is 2.45. The number of nitrogens with zero attached hydrogens (tertiary/aromatic N) is 2. The van der Waals surface area contributed by atoms with Gasteiger partial charge in [0.25, 0.3) is 0 Å². The second-order valence-corrected chi connectivity index (χ2v) is 5.88. The third-order valence-electron chi connectivity index (χ3n) is 3.99. The van der Waals surface area contributed by atoms with E-state index in [0.29, 0.717) is 5.41 Å². The van der Waals surface area contributed by atoms with Crippen LogP contribution in [0.15, 0.2) is 15.8 Å². The third kappa shape index (κ3) is 1.86. The van der Waals surface area contributed by atoms with Crippen molar-refractivity contribution in [1.29, 1.82) is 0 Å². The van der Waals surface area contributed by atoms with Gasteiger partial charge >= 0.3 is 0 Å². The van der Waals surface area contributed by atoms with Gasteiger partial charge in [0.05, 0.1) is 0 Å². The molecule has 3 N–H and O–H groups in total. The van der Waals surface area contributed by atoms with Crippen molar-refractivity contribution in [1.82, 2.24) is 10.2 Å². The molecule has 0 radical (unpaired) electrons. The predicted molar refractivity (Wildman–Crippen MR) is 68.0 cm³/mol. The molecule has 0 aromatic carbocycles. The zero-order valence-electron chi connectivity index (χ0n) is 9.25. The Balaban J connectivity index is 1.70. The van der Waals surface area contributed by atoms with E-state index >= 15 is 0 Å². The summed E-state index contributed by atoms with van der Waals surface area (Å²) in [6.45, 7) is 2.21. The van der Waals surface area contributed by atoms with Crippen molar-refractivity contribution in [2.75, 3.05) is 13.1 Å². The Labute approximate surface area is 104 Å². The summed E-state index contributed by atoms with van der Waals surface area (Å²) in [5, 5.41) is 3.11. The van der Waals surface area contributed by atoms with Gasteiger partial charge in [-0.1, -0.05) is 0 Å². The second-order valence-electron chi connectivity index (χ2n) is 5.07. The first-order chi connectivity index (χ1) is 7.69. The molecular weight excluding hydrogens is 268 g/mol. The van der Waals surface area contributed by atoms with E-state index in [1.165, 1.54) is 25.7 Å². The summed E-state index contributed by atoms with van der Waals surface area (Å²) >= 11 is 3.39. The SMILES string of the molecule is NC1NC=C(Br)N=C1N1CCC2(CC1)CC2. The first kappa shape index (κ1) is 10.6. The molecule has 1 spiro atoms. The van der Waals surface area contributed by atoms with Crippen LogP contribution in [0, 0.1) is 5.41 Å². The first-order valence-electron chi connectivity index (χ1n) is 5.89. The molecule has 1 unspecified atom stereocenters. The predicted octanol–water partition coefficient (Wildman–Crippen LogP) is 1.34. The molecule has 0 bridgehead atoms. The maximum absolute atomic E-state index is 6.01. The minimum absolute atomic E-state index is 0.158. The molecule has 16 heavy (non-hydrogen) atoms. The number of rotatable bonds is 0. The molecule has 4 nitrogen and oxygen atoms in total. The van der Waals surface area contributed by atoms with Crippen LogP contribution in [0.1, 0.15) is 25.7 Å². The first-order valence-corrected chi connectivity index (χ1v) is 6.69. The molecule has 1 aliphatic carbocycles. The normalized spacial score (nSPS) is 31.9. The molecule has 0 aromatic heterocycles. The molecule has 1 saturated heterocycles. The lowest BCUT2D eigenvalue weighted by Gasteiger charge is -2.37. The van der Waals surface area contributed by atoms with E-state index in [1.807, 2.05) is 0 Å². The zero-order chi connectivity index (χ0) is 11.2. The van der Waals surface area contributed by atoms with E-state index in [2.05, 4.69) is 31.1 Å². The topological polar surface area (TPSA) is 53.6 Å². The number of amidine groups is 1. The van der Waals surface area contributed by atoms with E-state index in [4.69, 9.17) is 5.73 Å². The van der Waals surface area contributed by atoms with Crippen LogP contribution in [0.2, 0.25) is 0 Å². The van der Waals surface area contributed by atoms with Crippen LogP contribution >= 0.6 is 15.9 Å². The number of piperidine rings is 1. The Kier molecular flexibility index (Phi) is 2.47. The van der Waals surface area contributed by atoms with E-state index in [9.17, 15) is 0 Å². The quantitative estimate of drug-likeness (QED) is 0.660. The Hall–Kier alpha value is -0.550. The van der Waals surface area contributed by atoms with E-state index in [0.717, 1.165) is 23.5 Å². The lowest BCUT2D eigenvalue weighted by atomic mass is 9.93. The van der Waals surface area contributed by atoms with E-state index in [1.54, 1.807) is 6.20 Å². The van der Waals surface area contributed by atoms with Crippen LogP contribution in [0.5, 0.6) is 0 Å². The summed E-state index contributed by atoms with van der Waals surface area (Å²) in [5.74, 6) is 0.977. The lowest BCUT2D eigenvalue weighted by molar-refractivity contribution is 0.243. The summed E-state index contributed by atoms with van der Waals surface area (Å²) < 4.78 is 0.830. The van der Waals surface area contributed by atoms with Gasteiger partial charge < -0.3 is 16.0 Å². The molecule has 2 aliphatic heterocycles. The van der Waals surface area contributed by atoms with Gasteiger partial charge in [-0.3, -0.25) is 0 Å². The van der Waals surface area contributed by atoms with Crippen LogP contribution in [-0.2, 0) is 0 Å². The minimum Gasteiger partial charge on any atom is -0.367 e. The minimum atomic E-state index is -0.158. The van der Waals surface area contributed by atoms with Crippen molar-refractivity contribution >= 4 is 21.8 Å². The number of likely N-dealkylation sites (tertiary alicyclic amines) is 1. The van der Waals surface area contributed by atoms with Gasteiger partial charge in [-0.15, -0.1) is 0 Å². The van der Waals surface area contributed by atoms with Gasteiger partial charge in [-0.25, -0.2) is 4.99 Å². The molecule has 3 aliphatic rings. The highest BCUT2D eigenvalue weighted by Crippen LogP contribution is 2.53. The van der Waals surface area contributed by atoms with Gasteiger partial charge in [-0.05, 0) is 47.0 Å². The van der Waals surface area contributed by atoms with Gasteiger partial charge in [-0.2, -0.15) is 0 Å². The number of hydrogen-bond donors (Lipinski definition) is 2. The van der Waals surface area contributed by atoms with Crippen LogP contribution in [0.3, 0.4) is 0 Å². The Morgan fingerprint density at radius 3 is 2.69 bits per heavy atom. The number of halogens is 1. The lowest BCUT2D eigenvalue weighted by Crippen LogP contribution is -2.53. The monoisotopic (exact) mass is 284 g/mol. The summed E-state index contributed by atoms with van der Waals surface area (Å²) in [7, 11) is 0. The standard InChI is InChI=1S/C11H17BrN4/c12-8-7-14-9(13)10(15-8)16-5-3-11(1-2-11)4-6-16/h7,9,14H,1-6,13H2. The van der Waals surface area contributed by atoms with Crippen LogP contribution < -0.4 is 11.1 Å². The number of aliphatic imine (C=N–C) groups is 1. The number of hydrogen-bond acceptors (Lipinski definition) is 4. The molecule has 3 rings (SSSR count). The Morgan fingerprint density at radius 1 is 1.38 bits per heavy atom. The molecule has 0 amide bonds. The van der Waals surface area contributed by atoms with Gasteiger partial charge in [0.15, 0.2) is 0 Å². The largest absolute Gasteiger partial charge is 0.367 e. The second kappa shape index (κ2) is 3.74. The molecule has 2 fully saturated rings. The Morgan fingerprint density at radius 2 is 2.06 bits per heavy atom. The van der Waals surface area contributed by atoms with E-state index in [-0.39, 0.29) is 6.17 Å². The van der Waals surface area contributed by atoms with Crippen molar-refractivity contribution in [2.24, 2.45) is 16.1 Å². The summed E-state index contributed by atoms with van der Waals surface area (Å²) in [5.41, 5.74) is 6.71. The molecule has 2 heterocycles. The maximum atomic E-state index is 6.01. The van der Waals surface area contributed by atoms with Crippen molar-refractivity contribution < 1.29 is 0 Å². The summed E-state index contributed by atoms with van der Waals surface area (Å²) in [6, 6.07) is 0. The molecule has 1 atom stereocenters. The maximum Gasteiger partial charge on any atom is 0.143 e. The zero-order valence-corrected chi connectivity index (χ0v) is 10.8. The smallest absolute Gasteiger partial charge is 0.143 e. The average molecular weight is 285 g/mol. The summed E-state index contributed by atoms with van der Waals surface area (Å²) in [6.07, 6.45) is 7.12. The molecular formula is C11H17BrN4. The summed E-state index contributed by atoms with van der Waals surface area (Å²) in [4.78, 5) is 6.82. The number of nitrogens with two attached hydrogens (primary N) is 1. The van der Waals surface area contributed by atoms with Crippen molar-refractivity contribution in [2.45, 2.75) is 31.8 Å². The molecule has 0 aromatic rings. The van der Waals surface area contributed by atoms with Crippen LogP contribution in [-0.4, -0.2) is 30.0 Å². The highest BCUT2D eigenvalue weighted by atomic mass is 79.9. The van der Waals surface area contributed by atoms with Gasteiger partial charge in [0.2, 0.25) is 0 Å². The third-order valence-corrected chi connectivity index (χ3v) is 4.39. The van der Waals surface area contributed by atoms with Crippen LogP contribution in [0.25, 0.3) is 0 Å². The Bertz CT molecular complexity index is 349. The van der Waals surface area contributed by atoms with Crippen molar-refractivity contribution in [3.05, 3.63) is 10.8 Å². The van der Waals surface area contributed by atoms with Gasteiger partial charge in [0, 0.05) is 19.3 Å². The highest BCUT2D eigenvalue weighted by molar-refractivity contribution is 9.11. The fraction of sp³-hybridized carbons (Fsp3) is 0.727. The molecule has 5 heteroatoms. The molecule has 1 saturated carbocycles.